The lowest BCUT2D eigenvalue weighted by molar-refractivity contribution is -0.385. The molecule has 0 spiro atoms. The van der Waals surface area contributed by atoms with Crippen molar-refractivity contribution in [3.05, 3.63) is 51.6 Å². The number of ketones is 1. The van der Waals surface area contributed by atoms with Gasteiger partial charge in [-0.2, -0.15) is 0 Å². The van der Waals surface area contributed by atoms with E-state index in [2.05, 4.69) is 10.6 Å². The lowest BCUT2D eigenvalue weighted by Gasteiger charge is -2.24. The van der Waals surface area contributed by atoms with Crippen LogP contribution in [0.2, 0.25) is 0 Å². The number of hydrogen-bond donors (Lipinski definition) is 2. The van der Waals surface area contributed by atoms with E-state index >= 15 is 0 Å². The lowest BCUT2D eigenvalue weighted by atomic mass is 9.92. The van der Waals surface area contributed by atoms with Gasteiger partial charge in [-0.05, 0) is 14.1 Å². The zero-order valence-electron chi connectivity index (χ0n) is 14.3. The molecule has 134 valence electrons. The Balaban J connectivity index is 2.04. The van der Waals surface area contributed by atoms with Gasteiger partial charge in [0, 0.05) is 32.1 Å². The summed E-state index contributed by atoms with van der Waals surface area (Å²) in [4.78, 5) is 37.2. The maximum Gasteiger partial charge on any atom is 0.274 e. The molecule has 0 aliphatic carbocycles. The van der Waals surface area contributed by atoms with Crippen LogP contribution in [0.15, 0.2) is 35.9 Å². The van der Waals surface area contributed by atoms with Crippen LogP contribution in [0.1, 0.15) is 18.0 Å². The smallest absolute Gasteiger partial charge is 0.274 e. The molecule has 1 fully saturated rings. The van der Waals surface area contributed by atoms with Crippen LogP contribution in [0.25, 0.3) is 0 Å². The van der Waals surface area contributed by atoms with Crippen molar-refractivity contribution in [2.24, 2.45) is 0 Å². The van der Waals surface area contributed by atoms with E-state index in [1.54, 1.807) is 24.3 Å². The van der Waals surface area contributed by atoms with E-state index in [0.717, 1.165) is 13.1 Å². The van der Waals surface area contributed by atoms with Gasteiger partial charge in [-0.3, -0.25) is 19.7 Å². The van der Waals surface area contributed by atoms with Crippen LogP contribution in [0.5, 0.6) is 0 Å². The van der Waals surface area contributed by atoms with Gasteiger partial charge in [0.05, 0.1) is 22.1 Å². The summed E-state index contributed by atoms with van der Waals surface area (Å²) in [5.74, 6) is -0.796. The molecule has 1 saturated heterocycles. The first-order valence-electron chi connectivity index (χ1n) is 8.03. The van der Waals surface area contributed by atoms with Crippen LogP contribution in [0, 0.1) is 10.1 Å². The summed E-state index contributed by atoms with van der Waals surface area (Å²) in [6.45, 7) is 2.01. The van der Waals surface area contributed by atoms with Gasteiger partial charge in [0.25, 0.3) is 11.6 Å². The summed E-state index contributed by atoms with van der Waals surface area (Å²) < 4.78 is 0. The molecule has 1 amide bonds. The molecule has 1 atom stereocenters. The molecule has 1 aromatic rings. The van der Waals surface area contributed by atoms with E-state index < -0.39 is 16.9 Å². The van der Waals surface area contributed by atoms with Crippen LogP contribution in [-0.4, -0.2) is 55.2 Å². The Labute approximate surface area is 146 Å². The highest BCUT2D eigenvalue weighted by molar-refractivity contribution is 6.21. The zero-order chi connectivity index (χ0) is 18.4. The number of carbonyl (C=O) groups excluding carboxylic acids is 2. The zero-order valence-corrected chi connectivity index (χ0v) is 14.3. The number of Topliss-reactive ketones (excluding diaryl/α,β-unsaturated/α-hetero) is 1. The Morgan fingerprint density at radius 2 is 2.08 bits per heavy atom. The van der Waals surface area contributed by atoms with Crippen LogP contribution >= 0.6 is 0 Å². The minimum absolute atomic E-state index is 0.0140. The van der Waals surface area contributed by atoms with Crippen molar-refractivity contribution in [1.82, 2.24) is 15.5 Å². The third-order valence-electron chi connectivity index (χ3n) is 3.94. The van der Waals surface area contributed by atoms with Crippen molar-refractivity contribution in [2.75, 3.05) is 33.7 Å². The number of hydrogen-bond acceptors (Lipinski definition) is 6. The van der Waals surface area contributed by atoms with E-state index in [1.165, 1.54) is 6.07 Å². The third-order valence-corrected chi connectivity index (χ3v) is 3.94. The van der Waals surface area contributed by atoms with Crippen molar-refractivity contribution < 1.29 is 14.5 Å². The molecule has 25 heavy (non-hydrogen) atoms. The lowest BCUT2D eigenvalue weighted by Crippen LogP contribution is -2.40. The average Bonchev–Trinajstić information content (AvgIpc) is 2.56. The standard InChI is InChI=1S/C17H22N4O4/c1-20(2)10-9-18-8-7-13-16(22)11-14(19-17(13)23)12-5-3-4-6-15(12)21(24)25/h3-7,14,18H,8-11H2,1-2H3,(H,19,23)/b13-7-. The highest BCUT2D eigenvalue weighted by atomic mass is 16.6. The Morgan fingerprint density at radius 1 is 1.36 bits per heavy atom. The number of likely N-dealkylation sites (N-methyl/N-ethyl adjacent to an activating group) is 1. The number of nitro groups is 1. The summed E-state index contributed by atoms with van der Waals surface area (Å²) in [7, 11) is 3.92. The van der Waals surface area contributed by atoms with Crippen LogP contribution < -0.4 is 10.6 Å². The summed E-state index contributed by atoms with van der Waals surface area (Å²) in [5.41, 5.74) is 0.350. The van der Waals surface area contributed by atoms with Gasteiger partial charge < -0.3 is 15.5 Å². The van der Waals surface area contributed by atoms with Crippen LogP contribution in [0.3, 0.4) is 0 Å². The number of amides is 1. The van der Waals surface area contributed by atoms with Crippen molar-refractivity contribution in [1.29, 1.82) is 0 Å². The van der Waals surface area contributed by atoms with E-state index in [1.807, 2.05) is 19.0 Å². The Kier molecular flexibility index (Phi) is 6.37. The largest absolute Gasteiger partial charge is 0.344 e. The van der Waals surface area contributed by atoms with Gasteiger partial charge in [-0.15, -0.1) is 0 Å². The SMILES string of the molecule is CN(C)CCNC/C=C1/C(=O)CC(c2ccccc2[N+](=O)[O-])NC1=O. The average molecular weight is 346 g/mol. The van der Waals surface area contributed by atoms with Gasteiger partial charge in [0.2, 0.25) is 0 Å². The predicted octanol–water partition coefficient (Wildman–Crippen LogP) is 0.802. The quantitative estimate of drug-likeness (QED) is 0.249. The molecule has 1 aromatic carbocycles. The first-order valence-corrected chi connectivity index (χ1v) is 8.03. The molecule has 1 unspecified atom stereocenters. The molecule has 0 radical (unpaired) electrons. The van der Waals surface area contributed by atoms with Crippen LogP contribution in [-0.2, 0) is 9.59 Å². The van der Waals surface area contributed by atoms with E-state index in [-0.39, 0.29) is 23.5 Å². The molecule has 8 heteroatoms. The normalized spacial score (nSPS) is 19.3. The first-order chi connectivity index (χ1) is 11.9. The van der Waals surface area contributed by atoms with E-state index in [9.17, 15) is 19.7 Å². The first kappa shape index (κ1) is 18.8. The third kappa shape index (κ3) is 4.94. The minimum atomic E-state index is -0.680. The maximum absolute atomic E-state index is 12.3. The molecular weight excluding hydrogens is 324 g/mol. The van der Waals surface area contributed by atoms with Gasteiger partial charge >= 0.3 is 0 Å². The minimum Gasteiger partial charge on any atom is -0.344 e. The fraction of sp³-hybridized carbons (Fsp3) is 0.412. The molecule has 0 bridgehead atoms. The van der Waals surface area contributed by atoms with E-state index in [4.69, 9.17) is 0 Å². The fourth-order valence-electron chi connectivity index (χ4n) is 2.63. The Bertz CT molecular complexity index is 680. The summed E-state index contributed by atoms with van der Waals surface area (Å²) >= 11 is 0. The second kappa shape index (κ2) is 8.50. The number of carbonyl (C=O) groups is 2. The molecule has 0 aromatic heterocycles. The number of para-hydroxylation sites is 1. The number of nitro benzene ring substituents is 1. The second-order valence-corrected chi connectivity index (χ2v) is 6.09. The molecule has 1 heterocycles. The molecule has 1 aliphatic rings. The Morgan fingerprint density at radius 3 is 2.72 bits per heavy atom. The summed E-state index contributed by atoms with van der Waals surface area (Å²) in [5, 5.41) is 17.0. The van der Waals surface area contributed by atoms with Crippen molar-refractivity contribution in [2.45, 2.75) is 12.5 Å². The van der Waals surface area contributed by atoms with Gasteiger partial charge in [-0.25, -0.2) is 0 Å². The predicted molar refractivity (Wildman–Crippen MR) is 93.1 cm³/mol. The van der Waals surface area contributed by atoms with Crippen molar-refractivity contribution in [3.63, 3.8) is 0 Å². The number of nitrogens with one attached hydrogen (secondary N) is 2. The number of benzene rings is 1. The maximum atomic E-state index is 12.3. The van der Waals surface area contributed by atoms with E-state index in [0.29, 0.717) is 12.1 Å². The molecule has 1 aliphatic heterocycles. The molecule has 2 rings (SSSR count). The van der Waals surface area contributed by atoms with Crippen molar-refractivity contribution in [3.8, 4) is 0 Å². The van der Waals surface area contributed by atoms with Crippen LogP contribution in [0.4, 0.5) is 5.69 Å². The van der Waals surface area contributed by atoms with Gasteiger partial charge in [0.15, 0.2) is 5.78 Å². The molecule has 0 saturated carbocycles. The molecule has 8 nitrogen and oxygen atoms in total. The fourth-order valence-corrected chi connectivity index (χ4v) is 2.63. The van der Waals surface area contributed by atoms with Gasteiger partial charge in [-0.1, -0.05) is 24.3 Å². The second-order valence-electron chi connectivity index (χ2n) is 6.09. The van der Waals surface area contributed by atoms with Crippen molar-refractivity contribution >= 4 is 17.4 Å². The Hall–Kier alpha value is -2.58. The number of piperidine rings is 1. The summed E-state index contributed by atoms with van der Waals surface area (Å²) in [6, 6.07) is 5.46. The van der Waals surface area contributed by atoms with Gasteiger partial charge in [0.1, 0.15) is 0 Å². The molecule has 2 N–H and O–H groups in total. The highest BCUT2D eigenvalue weighted by Gasteiger charge is 2.33. The summed E-state index contributed by atoms with van der Waals surface area (Å²) in [6.07, 6.45) is 1.59. The highest BCUT2D eigenvalue weighted by Crippen LogP contribution is 2.30. The molecular formula is C17H22N4O4. The monoisotopic (exact) mass is 346 g/mol. The topological polar surface area (TPSA) is 105 Å². The number of rotatable bonds is 7. The number of nitrogens with zero attached hydrogens (tertiary/aromatic N) is 2.